The van der Waals surface area contributed by atoms with E-state index in [0.29, 0.717) is 0 Å². The molecule has 0 spiro atoms. The summed E-state index contributed by atoms with van der Waals surface area (Å²) in [5, 5.41) is 0. The largest absolute Gasteiger partial charge is 0.386 e. The normalized spacial score (nSPS) is 13.9. The third-order valence-corrected chi connectivity index (χ3v) is 5.60. The Morgan fingerprint density at radius 2 is 1.38 bits per heavy atom. The van der Waals surface area contributed by atoms with Crippen LogP contribution in [0.25, 0.3) is 0 Å². The molecule has 0 aliphatic rings. The zero-order valence-corrected chi connectivity index (χ0v) is 13.0. The van der Waals surface area contributed by atoms with Gasteiger partial charge in [0.1, 0.15) is 0 Å². The molecule has 3 heteroatoms. The number of rotatable bonds is 5. The molecule has 0 aliphatic heterocycles. The van der Waals surface area contributed by atoms with Crippen LogP contribution in [0.15, 0.2) is 12.3 Å². The van der Waals surface area contributed by atoms with Gasteiger partial charge in [-0.25, -0.2) is 0 Å². The molecule has 0 heterocycles. The van der Waals surface area contributed by atoms with Crippen molar-refractivity contribution in [2.75, 3.05) is 0 Å². The van der Waals surface area contributed by atoms with Crippen molar-refractivity contribution in [1.29, 1.82) is 0 Å². The molecular weight excluding hydrogens is 216 g/mol. The molecule has 0 atom stereocenters. The van der Waals surface area contributed by atoms with Gasteiger partial charge < -0.3 is 8.85 Å². The molecule has 2 nitrogen and oxygen atoms in total. The highest BCUT2D eigenvalue weighted by molar-refractivity contribution is 6.72. The molecule has 0 rings (SSSR count). The van der Waals surface area contributed by atoms with Crippen LogP contribution in [-0.2, 0) is 8.85 Å². The van der Waals surface area contributed by atoms with Crippen LogP contribution in [0.1, 0.15) is 54.9 Å². The van der Waals surface area contributed by atoms with E-state index in [1.807, 2.05) is 5.70 Å². The first kappa shape index (κ1) is 15.9. The Labute approximate surface area is 102 Å². The molecule has 0 saturated heterocycles. The second-order valence-corrected chi connectivity index (χ2v) is 9.13. The van der Waals surface area contributed by atoms with Crippen molar-refractivity contribution in [3.05, 3.63) is 12.3 Å². The molecule has 0 radical (unpaired) electrons. The standard InChI is InChI=1S/C13H28O2Si/c1-9-11-16(10-2,14-12(3,4)5)15-13(6,7)8/h10H,2,9,11H2,1,3-8H3. The molecule has 0 aromatic carbocycles. The lowest BCUT2D eigenvalue weighted by molar-refractivity contribution is 0.0210. The third kappa shape index (κ3) is 6.46. The molecule has 0 aromatic heterocycles. The monoisotopic (exact) mass is 244 g/mol. The van der Waals surface area contributed by atoms with E-state index in [4.69, 9.17) is 8.85 Å². The predicted molar refractivity (Wildman–Crippen MR) is 72.7 cm³/mol. The van der Waals surface area contributed by atoms with Gasteiger partial charge in [0.2, 0.25) is 0 Å². The average molecular weight is 244 g/mol. The van der Waals surface area contributed by atoms with E-state index >= 15 is 0 Å². The smallest absolute Gasteiger partial charge is 0.365 e. The summed E-state index contributed by atoms with van der Waals surface area (Å²) in [6, 6.07) is 0.963. The first-order valence-corrected chi connectivity index (χ1v) is 8.18. The van der Waals surface area contributed by atoms with Crippen LogP contribution in [0.2, 0.25) is 6.04 Å². The maximum atomic E-state index is 6.19. The van der Waals surface area contributed by atoms with Crippen molar-refractivity contribution in [3.8, 4) is 0 Å². The molecule has 0 fully saturated rings. The fraction of sp³-hybridized carbons (Fsp3) is 0.846. The van der Waals surface area contributed by atoms with Gasteiger partial charge in [0.15, 0.2) is 0 Å². The van der Waals surface area contributed by atoms with Crippen molar-refractivity contribution in [2.45, 2.75) is 72.1 Å². The van der Waals surface area contributed by atoms with E-state index in [9.17, 15) is 0 Å². The minimum Gasteiger partial charge on any atom is -0.386 e. The second-order valence-electron chi connectivity index (χ2n) is 6.19. The van der Waals surface area contributed by atoms with E-state index < -0.39 is 8.56 Å². The minimum atomic E-state index is -2.28. The fourth-order valence-electron chi connectivity index (χ4n) is 1.69. The molecular formula is C13H28O2Si. The summed E-state index contributed by atoms with van der Waals surface area (Å²) in [4.78, 5) is 0. The Morgan fingerprint density at radius 3 is 1.56 bits per heavy atom. The van der Waals surface area contributed by atoms with E-state index in [0.717, 1.165) is 12.5 Å². The summed E-state index contributed by atoms with van der Waals surface area (Å²) in [6.07, 6.45) is 1.06. The van der Waals surface area contributed by atoms with Gasteiger partial charge in [0.05, 0.1) is 11.2 Å². The Bertz CT molecular complexity index is 207. The molecule has 0 aliphatic carbocycles. The van der Waals surface area contributed by atoms with E-state index in [1.165, 1.54) is 0 Å². The first-order chi connectivity index (χ1) is 7.04. The fourth-order valence-corrected chi connectivity index (χ4v) is 5.08. The van der Waals surface area contributed by atoms with E-state index in [-0.39, 0.29) is 11.2 Å². The molecule has 0 bridgehead atoms. The van der Waals surface area contributed by atoms with Crippen molar-refractivity contribution in [1.82, 2.24) is 0 Å². The summed E-state index contributed by atoms with van der Waals surface area (Å²) in [5.74, 6) is 0. The van der Waals surface area contributed by atoms with Gasteiger partial charge in [-0.05, 0) is 53.3 Å². The summed E-state index contributed by atoms with van der Waals surface area (Å²) < 4.78 is 12.4. The lowest BCUT2D eigenvalue weighted by atomic mass is 10.2. The van der Waals surface area contributed by atoms with Crippen molar-refractivity contribution in [3.63, 3.8) is 0 Å². The summed E-state index contributed by atoms with van der Waals surface area (Å²) >= 11 is 0. The molecule has 0 N–H and O–H groups in total. The molecule has 0 saturated carbocycles. The van der Waals surface area contributed by atoms with Crippen LogP contribution in [-0.4, -0.2) is 19.8 Å². The van der Waals surface area contributed by atoms with Crippen molar-refractivity contribution < 1.29 is 8.85 Å². The van der Waals surface area contributed by atoms with Gasteiger partial charge in [0.25, 0.3) is 0 Å². The maximum absolute atomic E-state index is 6.19. The lowest BCUT2D eigenvalue weighted by Gasteiger charge is -2.39. The van der Waals surface area contributed by atoms with Crippen LogP contribution in [0.4, 0.5) is 0 Å². The molecule has 16 heavy (non-hydrogen) atoms. The summed E-state index contributed by atoms with van der Waals surface area (Å²) in [7, 11) is -2.28. The Morgan fingerprint density at radius 1 is 1.00 bits per heavy atom. The van der Waals surface area contributed by atoms with Crippen LogP contribution in [0.5, 0.6) is 0 Å². The summed E-state index contributed by atoms with van der Waals surface area (Å²) in [6.45, 7) is 18.5. The minimum absolute atomic E-state index is 0.180. The molecule has 96 valence electrons. The van der Waals surface area contributed by atoms with Crippen LogP contribution in [0, 0.1) is 0 Å². The maximum Gasteiger partial charge on any atom is 0.365 e. The van der Waals surface area contributed by atoms with Gasteiger partial charge in [-0.1, -0.05) is 13.3 Å². The van der Waals surface area contributed by atoms with Gasteiger partial charge >= 0.3 is 8.56 Å². The quantitative estimate of drug-likeness (QED) is 0.675. The molecule has 0 unspecified atom stereocenters. The van der Waals surface area contributed by atoms with Crippen LogP contribution < -0.4 is 0 Å². The lowest BCUT2D eigenvalue weighted by Crippen LogP contribution is -2.50. The van der Waals surface area contributed by atoms with E-state index in [2.05, 4.69) is 55.0 Å². The SMILES string of the molecule is C=C[Si](CCC)(OC(C)(C)C)OC(C)(C)C. The van der Waals surface area contributed by atoms with Gasteiger partial charge in [0, 0.05) is 0 Å². The highest BCUT2D eigenvalue weighted by Gasteiger charge is 2.40. The third-order valence-electron chi connectivity index (χ3n) is 1.87. The number of hydrogen-bond acceptors (Lipinski definition) is 2. The van der Waals surface area contributed by atoms with Crippen molar-refractivity contribution in [2.24, 2.45) is 0 Å². The van der Waals surface area contributed by atoms with Crippen LogP contribution in [0.3, 0.4) is 0 Å². The zero-order chi connectivity index (χ0) is 13.0. The molecule has 0 amide bonds. The van der Waals surface area contributed by atoms with Gasteiger partial charge in [-0.3, -0.25) is 0 Å². The van der Waals surface area contributed by atoms with Crippen molar-refractivity contribution >= 4 is 8.56 Å². The van der Waals surface area contributed by atoms with E-state index in [1.54, 1.807) is 0 Å². The zero-order valence-electron chi connectivity index (χ0n) is 12.0. The average Bonchev–Trinajstić information content (AvgIpc) is 1.98. The van der Waals surface area contributed by atoms with Gasteiger partial charge in [-0.15, -0.1) is 6.58 Å². The predicted octanol–water partition coefficient (Wildman–Crippen LogP) is 4.19. The number of hydrogen-bond donors (Lipinski definition) is 0. The topological polar surface area (TPSA) is 18.5 Å². The summed E-state index contributed by atoms with van der Waals surface area (Å²) in [5.41, 5.74) is 1.56. The highest BCUT2D eigenvalue weighted by Crippen LogP contribution is 2.28. The Kier molecular flexibility index (Phi) is 5.43. The molecule has 0 aromatic rings. The Balaban J connectivity index is 4.92. The van der Waals surface area contributed by atoms with Gasteiger partial charge in [-0.2, -0.15) is 0 Å². The Hall–Kier alpha value is -0.123. The first-order valence-electron chi connectivity index (χ1n) is 6.07. The van der Waals surface area contributed by atoms with Crippen LogP contribution >= 0.6 is 0 Å². The second kappa shape index (κ2) is 5.47. The highest BCUT2D eigenvalue weighted by atomic mass is 28.4.